The molecule has 2 rings (SSSR count). The van der Waals surface area contributed by atoms with Crippen LogP contribution >= 0.6 is 0 Å². The maximum Gasteiger partial charge on any atom is 0.341 e. The number of carbonyl (C=O) groups excluding carboxylic acids is 1. The third kappa shape index (κ3) is 2.41. The molecular formula is C15H20O3. The standard InChI is InChI=1S/C15H20O3/c1-3-5-11-15(14(16)17-4-2)13(18-15)12-9-7-6-8-10-12/h6-10,13H,3-5,11H2,1-2H3/t13-,15+/m1/s1. The van der Waals surface area contributed by atoms with Crippen molar-refractivity contribution in [3.05, 3.63) is 35.9 Å². The number of esters is 1. The Hall–Kier alpha value is -1.35. The van der Waals surface area contributed by atoms with Gasteiger partial charge in [-0.3, -0.25) is 0 Å². The van der Waals surface area contributed by atoms with Crippen molar-refractivity contribution in [1.29, 1.82) is 0 Å². The van der Waals surface area contributed by atoms with Crippen LogP contribution in [0, 0.1) is 0 Å². The highest BCUT2D eigenvalue weighted by Crippen LogP contribution is 2.53. The van der Waals surface area contributed by atoms with Gasteiger partial charge in [0.15, 0.2) is 5.60 Å². The molecule has 0 N–H and O–H groups in total. The van der Waals surface area contributed by atoms with Gasteiger partial charge in [-0.25, -0.2) is 4.79 Å². The molecule has 1 saturated heterocycles. The molecule has 0 bridgehead atoms. The second-order valence-corrected chi connectivity index (χ2v) is 4.62. The highest BCUT2D eigenvalue weighted by molar-refractivity contribution is 5.83. The molecule has 1 aromatic rings. The molecule has 0 radical (unpaired) electrons. The number of benzene rings is 1. The molecule has 1 fully saturated rings. The van der Waals surface area contributed by atoms with Crippen molar-refractivity contribution in [2.45, 2.75) is 44.8 Å². The molecule has 1 aromatic carbocycles. The van der Waals surface area contributed by atoms with E-state index in [0.717, 1.165) is 24.8 Å². The highest BCUT2D eigenvalue weighted by Gasteiger charge is 2.63. The van der Waals surface area contributed by atoms with Crippen LogP contribution in [0.25, 0.3) is 0 Å². The van der Waals surface area contributed by atoms with E-state index in [-0.39, 0.29) is 12.1 Å². The van der Waals surface area contributed by atoms with Crippen LogP contribution < -0.4 is 0 Å². The Bertz CT molecular complexity index is 401. The Labute approximate surface area is 108 Å². The van der Waals surface area contributed by atoms with Crippen molar-refractivity contribution >= 4 is 5.97 Å². The first-order chi connectivity index (χ1) is 8.74. The van der Waals surface area contributed by atoms with Crippen molar-refractivity contribution in [2.24, 2.45) is 0 Å². The number of hydrogen-bond acceptors (Lipinski definition) is 3. The molecule has 3 heteroatoms. The molecule has 0 aliphatic carbocycles. The van der Waals surface area contributed by atoms with Crippen LogP contribution in [-0.4, -0.2) is 18.2 Å². The van der Waals surface area contributed by atoms with E-state index < -0.39 is 5.60 Å². The quantitative estimate of drug-likeness (QED) is 0.573. The summed E-state index contributed by atoms with van der Waals surface area (Å²) in [5, 5.41) is 0. The van der Waals surface area contributed by atoms with Gasteiger partial charge in [-0.15, -0.1) is 0 Å². The molecule has 0 aromatic heterocycles. The molecule has 1 aliphatic rings. The molecule has 2 atom stereocenters. The van der Waals surface area contributed by atoms with E-state index in [9.17, 15) is 4.79 Å². The zero-order valence-electron chi connectivity index (χ0n) is 11.0. The first-order valence-corrected chi connectivity index (χ1v) is 6.64. The van der Waals surface area contributed by atoms with Crippen molar-refractivity contribution in [2.75, 3.05) is 6.61 Å². The van der Waals surface area contributed by atoms with Crippen LogP contribution in [-0.2, 0) is 14.3 Å². The number of rotatable bonds is 6. The summed E-state index contributed by atoms with van der Waals surface area (Å²) in [6.07, 6.45) is 2.63. The summed E-state index contributed by atoms with van der Waals surface area (Å²) < 4.78 is 10.9. The lowest BCUT2D eigenvalue weighted by Gasteiger charge is -2.11. The molecule has 0 amide bonds. The molecule has 0 saturated carbocycles. The number of unbranched alkanes of at least 4 members (excludes halogenated alkanes) is 1. The normalized spacial score (nSPS) is 25.8. The van der Waals surface area contributed by atoms with Crippen molar-refractivity contribution in [3.63, 3.8) is 0 Å². The minimum Gasteiger partial charge on any atom is -0.464 e. The first-order valence-electron chi connectivity index (χ1n) is 6.64. The number of ether oxygens (including phenoxy) is 2. The summed E-state index contributed by atoms with van der Waals surface area (Å²) in [5.41, 5.74) is 0.328. The van der Waals surface area contributed by atoms with Gasteiger partial charge in [-0.1, -0.05) is 50.1 Å². The predicted octanol–water partition coefficient (Wildman–Crippen LogP) is 3.25. The zero-order chi connectivity index (χ0) is 13.0. The van der Waals surface area contributed by atoms with Gasteiger partial charge >= 0.3 is 5.97 Å². The fraction of sp³-hybridized carbons (Fsp3) is 0.533. The summed E-state index contributed by atoms with van der Waals surface area (Å²) >= 11 is 0. The van der Waals surface area contributed by atoms with E-state index in [1.165, 1.54) is 0 Å². The monoisotopic (exact) mass is 248 g/mol. The fourth-order valence-corrected chi connectivity index (χ4v) is 2.28. The number of carbonyl (C=O) groups is 1. The Morgan fingerprint density at radius 2 is 2.06 bits per heavy atom. The lowest BCUT2D eigenvalue weighted by atomic mass is 9.94. The number of epoxide rings is 1. The van der Waals surface area contributed by atoms with Gasteiger partial charge in [-0.2, -0.15) is 0 Å². The molecule has 18 heavy (non-hydrogen) atoms. The van der Waals surface area contributed by atoms with E-state index in [2.05, 4.69) is 6.92 Å². The molecular weight excluding hydrogens is 228 g/mol. The van der Waals surface area contributed by atoms with Gasteiger partial charge in [0.25, 0.3) is 0 Å². The summed E-state index contributed by atoms with van der Waals surface area (Å²) in [5.74, 6) is -0.215. The summed E-state index contributed by atoms with van der Waals surface area (Å²) in [6, 6.07) is 9.89. The average molecular weight is 248 g/mol. The van der Waals surface area contributed by atoms with Crippen LogP contribution in [0.15, 0.2) is 30.3 Å². The van der Waals surface area contributed by atoms with Gasteiger partial charge in [0.2, 0.25) is 0 Å². The molecule has 1 heterocycles. The van der Waals surface area contributed by atoms with Crippen molar-refractivity contribution < 1.29 is 14.3 Å². The van der Waals surface area contributed by atoms with Gasteiger partial charge < -0.3 is 9.47 Å². The van der Waals surface area contributed by atoms with Crippen molar-refractivity contribution in [1.82, 2.24) is 0 Å². The van der Waals surface area contributed by atoms with Crippen LogP contribution in [0.3, 0.4) is 0 Å². The second-order valence-electron chi connectivity index (χ2n) is 4.62. The molecule has 1 aliphatic heterocycles. The molecule has 0 spiro atoms. The lowest BCUT2D eigenvalue weighted by molar-refractivity contribution is -0.149. The van der Waals surface area contributed by atoms with Crippen LogP contribution in [0.5, 0.6) is 0 Å². The van der Waals surface area contributed by atoms with E-state index in [0.29, 0.717) is 6.61 Å². The third-order valence-electron chi connectivity index (χ3n) is 3.32. The first kappa shape index (κ1) is 13.1. The summed E-state index contributed by atoms with van der Waals surface area (Å²) in [6.45, 7) is 4.33. The summed E-state index contributed by atoms with van der Waals surface area (Å²) in [4.78, 5) is 12.1. The lowest BCUT2D eigenvalue weighted by Crippen LogP contribution is -2.28. The Kier molecular flexibility index (Phi) is 4.02. The van der Waals surface area contributed by atoms with Crippen LogP contribution in [0.4, 0.5) is 0 Å². The highest BCUT2D eigenvalue weighted by atomic mass is 16.7. The predicted molar refractivity (Wildman–Crippen MR) is 69.2 cm³/mol. The maximum atomic E-state index is 12.1. The van der Waals surface area contributed by atoms with Gasteiger partial charge in [-0.05, 0) is 18.9 Å². The van der Waals surface area contributed by atoms with E-state index in [1.54, 1.807) is 0 Å². The molecule has 98 valence electrons. The Morgan fingerprint density at radius 1 is 1.33 bits per heavy atom. The average Bonchev–Trinajstić information content (AvgIpc) is 3.14. The summed E-state index contributed by atoms with van der Waals surface area (Å²) in [7, 11) is 0. The van der Waals surface area contributed by atoms with Crippen LogP contribution in [0.1, 0.15) is 44.8 Å². The van der Waals surface area contributed by atoms with E-state index in [1.807, 2.05) is 37.3 Å². The Morgan fingerprint density at radius 3 is 2.67 bits per heavy atom. The minimum atomic E-state index is -0.729. The van der Waals surface area contributed by atoms with Crippen LogP contribution in [0.2, 0.25) is 0 Å². The SMILES string of the molecule is CCCC[C@]1(C(=O)OCC)O[C@@H]1c1ccccc1. The maximum absolute atomic E-state index is 12.1. The minimum absolute atomic E-state index is 0.135. The smallest absolute Gasteiger partial charge is 0.341 e. The third-order valence-corrected chi connectivity index (χ3v) is 3.32. The molecule has 0 unspecified atom stereocenters. The van der Waals surface area contributed by atoms with Gasteiger partial charge in [0.1, 0.15) is 6.10 Å². The molecule has 3 nitrogen and oxygen atoms in total. The Balaban J connectivity index is 2.12. The van der Waals surface area contributed by atoms with Gasteiger partial charge in [0, 0.05) is 0 Å². The largest absolute Gasteiger partial charge is 0.464 e. The topological polar surface area (TPSA) is 38.8 Å². The second kappa shape index (κ2) is 5.53. The number of hydrogen-bond donors (Lipinski definition) is 0. The van der Waals surface area contributed by atoms with Crippen molar-refractivity contribution in [3.8, 4) is 0 Å². The van der Waals surface area contributed by atoms with E-state index >= 15 is 0 Å². The zero-order valence-corrected chi connectivity index (χ0v) is 11.0. The fourth-order valence-electron chi connectivity index (χ4n) is 2.28. The van der Waals surface area contributed by atoms with E-state index in [4.69, 9.17) is 9.47 Å². The van der Waals surface area contributed by atoms with Gasteiger partial charge in [0.05, 0.1) is 6.61 Å².